The summed E-state index contributed by atoms with van der Waals surface area (Å²) in [6.07, 6.45) is 0. The summed E-state index contributed by atoms with van der Waals surface area (Å²) in [5.41, 5.74) is 0.201. The Kier molecular flexibility index (Phi) is 5.58. The highest BCUT2D eigenvalue weighted by molar-refractivity contribution is 5.96. The minimum Gasteiger partial charge on any atom is -0.489 e. The van der Waals surface area contributed by atoms with Crippen molar-refractivity contribution in [1.29, 1.82) is 0 Å². The maximum Gasteiger partial charge on any atom is 0.310 e. The van der Waals surface area contributed by atoms with Crippen LogP contribution in [0.3, 0.4) is 0 Å². The zero-order valence-corrected chi connectivity index (χ0v) is 13.8. The molecule has 2 aromatic carbocycles. The Morgan fingerprint density at radius 1 is 1.04 bits per heavy atom. The molecule has 24 heavy (non-hydrogen) atoms. The standard InChI is InChI=1S/C19H21NO4/c1-19(2,18(22)23)13-20-17(21)16-11-7-6-8-14(16)12-24-15-9-4-3-5-10-15/h3-11H,12-13H2,1-2H3,(H,20,21)(H,22,23). The Morgan fingerprint density at radius 2 is 1.67 bits per heavy atom. The van der Waals surface area contributed by atoms with Crippen molar-refractivity contribution in [1.82, 2.24) is 5.32 Å². The van der Waals surface area contributed by atoms with Gasteiger partial charge in [-0.1, -0.05) is 36.4 Å². The first kappa shape index (κ1) is 17.5. The van der Waals surface area contributed by atoms with Gasteiger partial charge in [-0.05, 0) is 32.0 Å². The summed E-state index contributed by atoms with van der Waals surface area (Å²) in [6, 6.07) is 16.5. The molecule has 0 radical (unpaired) electrons. The number of carboxylic acid groups (broad SMARTS) is 1. The molecule has 0 bridgehead atoms. The number of aliphatic carboxylic acids is 1. The smallest absolute Gasteiger partial charge is 0.310 e. The molecule has 1 amide bonds. The van der Waals surface area contributed by atoms with Crippen LogP contribution >= 0.6 is 0 Å². The van der Waals surface area contributed by atoms with Gasteiger partial charge < -0.3 is 15.2 Å². The minimum atomic E-state index is -1.02. The number of hydrogen-bond donors (Lipinski definition) is 2. The van der Waals surface area contributed by atoms with E-state index in [1.165, 1.54) is 0 Å². The molecule has 0 atom stereocenters. The number of para-hydroxylation sites is 1. The molecule has 0 heterocycles. The maximum absolute atomic E-state index is 12.4. The van der Waals surface area contributed by atoms with Crippen LogP contribution < -0.4 is 10.1 Å². The molecule has 5 nitrogen and oxygen atoms in total. The number of rotatable bonds is 7. The van der Waals surface area contributed by atoms with Gasteiger partial charge in [-0.15, -0.1) is 0 Å². The molecule has 0 aliphatic rings. The first-order valence-electron chi connectivity index (χ1n) is 7.67. The fraction of sp³-hybridized carbons (Fsp3) is 0.263. The molecule has 0 aliphatic carbocycles. The summed E-state index contributed by atoms with van der Waals surface area (Å²) >= 11 is 0. The van der Waals surface area contributed by atoms with Gasteiger partial charge in [0.05, 0.1) is 5.41 Å². The SMILES string of the molecule is CC(C)(CNC(=O)c1ccccc1COc1ccccc1)C(=O)O. The van der Waals surface area contributed by atoms with Gasteiger partial charge in [0.2, 0.25) is 0 Å². The lowest BCUT2D eigenvalue weighted by atomic mass is 9.93. The molecule has 2 rings (SSSR count). The van der Waals surface area contributed by atoms with Crippen molar-refractivity contribution in [2.75, 3.05) is 6.54 Å². The van der Waals surface area contributed by atoms with E-state index >= 15 is 0 Å². The van der Waals surface area contributed by atoms with E-state index < -0.39 is 11.4 Å². The van der Waals surface area contributed by atoms with E-state index in [0.717, 1.165) is 11.3 Å². The summed E-state index contributed by atoms with van der Waals surface area (Å²) in [5.74, 6) is -0.542. The van der Waals surface area contributed by atoms with E-state index in [9.17, 15) is 9.59 Å². The topological polar surface area (TPSA) is 75.6 Å². The third-order valence-corrected chi connectivity index (χ3v) is 3.67. The van der Waals surface area contributed by atoms with Crippen molar-refractivity contribution >= 4 is 11.9 Å². The number of carbonyl (C=O) groups excluding carboxylic acids is 1. The maximum atomic E-state index is 12.4. The number of carboxylic acids is 1. The average Bonchev–Trinajstić information content (AvgIpc) is 2.59. The molecule has 0 aromatic heterocycles. The number of benzene rings is 2. The van der Waals surface area contributed by atoms with Crippen LogP contribution in [0.2, 0.25) is 0 Å². The van der Waals surface area contributed by atoms with Crippen molar-refractivity contribution in [2.45, 2.75) is 20.5 Å². The third kappa shape index (κ3) is 4.59. The number of ether oxygens (including phenoxy) is 1. The van der Waals surface area contributed by atoms with Gasteiger partial charge in [-0.3, -0.25) is 9.59 Å². The van der Waals surface area contributed by atoms with Crippen LogP contribution in [0.4, 0.5) is 0 Å². The van der Waals surface area contributed by atoms with E-state index in [2.05, 4.69) is 5.32 Å². The van der Waals surface area contributed by atoms with Crippen molar-refractivity contribution in [3.63, 3.8) is 0 Å². The van der Waals surface area contributed by atoms with Crippen LogP contribution in [0.25, 0.3) is 0 Å². The van der Waals surface area contributed by atoms with Gasteiger partial charge in [0.1, 0.15) is 12.4 Å². The highest BCUT2D eigenvalue weighted by atomic mass is 16.5. The summed E-state index contributed by atoms with van der Waals surface area (Å²) < 4.78 is 5.69. The van der Waals surface area contributed by atoms with Crippen LogP contribution in [0.5, 0.6) is 5.75 Å². The zero-order chi connectivity index (χ0) is 17.6. The second kappa shape index (κ2) is 7.64. The largest absolute Gasteiger partial charge is 0.489 e. The minimum absolute atomic E-state index is 0.0506. The molecule has 0 saturated carbocycles. The predicted molar refractivity (Wildman–Crippen MR) is 91.0 cm³/mol. The highest BCUT2D eigenvalue weighted by Crippen LogP contribution is 2.16. The second-order valence-electron chi connectivity index (χ2n) is 6.13. The Morgan fingerprint density at radius 3 is 2.33 bits per heavy atom. The molecule has 0 fully saturated rings. The lowest BCUT2D eigenvalue weighted by Gasteiger charge is -2.20. The lowest BCUT2D eigenvalue weighted by molar-refractivity contribution is -0.146. The van der Waals surface area contributed by atoms with Gasteiger partial charge in [0.25, 0.3) is 5.91 Å². The van der Waals surface area contributed by atoms with Crippen LogP contribution in [0.1, 0.15) is 29.8 Å². The summed E-state index contributed by atoms with van der Waals surface area (Å²) in [4.78, 5) is 23.5. The third-order valence-electron chi connectivity index (χ3n) is 3.67. The zero-order valence-electron chi connectivity index (χ0n) is 13.8. The predicted octanol–water partition coefficient (Wildman–Crippen LogP) is 3.11. The van der Waals surface area contributed by atoms with E-state index in [1.54, 1.807) is 26.0 Å². The second-order valence-corrected chi connectivity index (χ2v) is 6.13. The van der Waals surface area contributed by atoms with E-state index in [0.29, 0.717) is 5.56 Å². The van der Waals surface area contributed by atoms with Gasteiger partial charge in [-0.2, -0.15) is 0 Å². The average molecular weight is 327 g/mol. The molecule has 0 aliphatic heterocycles. The first-order chi connectivity index (χ1) is 11.4. The highest BCUT2D eigenvalue weighted by Gasteiger charge is 2.28. The molecular formula is C19H21NO4. The first-order valence-corrected chi connectivity index (χ1v) is 7.67. The number of hydrogen-bond acceptors (Lipinski definition) is 3. The molecule has 0 saturated heterocycles. The van der Waals surface area contributed by atoms with Crippen LogP contribution in [-0.4, -0.2) is 23.5 Å². The number of carbonyl (C=O) groups is 2. The summed E-state index contributed by atoms with van der Waals surface area (Å²) in [7, 11) is 0. The molecule has 126 valence electrons. The van der Waals surface area contributed by atoms with Crippen molar-refractivity contribution < 1.29 is 19.4 Å². The van der Waals surface area contributed by atoms with E-state index in [1.807, 2.05) is 42.5 Å². The molecular weight excluding hydrogens is 306 g/mol. The van der Waals surface area contributed by atoms with Crippen LogP contribution in [0.15, 0.2) is 54.6 Å². The Balaban J connectivity index is 2.05. The monoisotopic (exact) mass is 327 g/mol. The quantitative estimate of drug-likeness (QED) is 0.819. The van der Waals surface area contributed by atoms with Crippen LogP contribution in [-0.2, 0) is 11.4 Å². The Bertz CT molecular complexity index is 710. The fourth-order valence-corrected chi connectivity index (χ4v) is 2.02. The fourth-order valence-electron chi connectivity index (χ4n) is 2.02. The molecule has 2 aromatic rings. The van der Waals surface area contributed by atoms with Crippen molar-refractivity contribution in [3.8, 4) is 5.75 Å². The lowest BCUT2D eigenvalue weighted by Crippen LogP contribution is -2.39. The van der Waals surface area contributed by atoms with Gasteiger partial charge in [0, 0.05) is 17.7 Å². The normalized spacial score (nSPS) is 10.9. The molecule has 0 unspecified atom stereocenters. The van der Waals surface area contributed by atoms with Crippen molar-refractivity contribution in [2.24, 2.45) is 5.41 Å². The van der Waals surface area contributed by atoms with E-state index in [-0.39, 0.29) is 19.1 Å². The van der Waals surface area contributed by atoms with Crippen LogP contribution in [0, 0.1) is 5.41 Å². The molecule has 5 heteroatoms. The summed E-state index contributed by atoms with van der Waals surface area (Å²) in [5, 5.41) is 11.8. The summed E-state index contributed by atoms with van der Waals surface area (Å²) in [6.45, 7) is 3.45. The van der Waals surface area contributed by atoms with Gasteiger partial charge in [-0.25, -0.2) is 0 Å². The molecule has 2 N–H and O–H groups in total. The Hall–Kier alpha value is -2.82. The van der Waals surface area contributed by atoms with E-state index in [4.69, 9.17) is 9.84 Å². The number of nitrogens with one attached hydrogen (secondary N) is 1. The molecule has 0 spiro atoms. The van der Waals surface area contributed by atoms with Gasteiger partial charge >= 0.3 is 5.97 Å². The van der Waals surface area contributed by atoms with Crippen molar-refractivity contribution in [3.05, 3.63) is 65.7 Å². The van der Waals surface area contributed by atoms with Gasteiger partial charge in [0.15, 0.2) is 0 Å². The number of amides is 1. The Labute approximate surface area is 141 Å².